The molecule has 1 aliphatic rings. The number of hydrogen-bond acceptors (Lipinski definition) is 4. The first kappa shape index (κ1) is 18.5. The molecule has 1 aromatic carbocycles. The summed E-state index contributed by atoms with van der Waals surface area (Å²) < 4.78 is 27.9. The number of sulfonamides is 1. The normalized spacial score (nSPS) is 18.0. The number of carbonyl (C=O) groups excluding carboxylic acids is 1. The molecule has 1 fully saturated rings. The molecule has 1 aromatic heterocycles. The Morgan fingerprint density at radius 3 is 2.54 bits per heavy atom. The molecule has 1 atom stereocenters. The number of anilines is 1. The van der Waals surface area contributed by atoms with Crippen LogP contribution < -0.4 is 5.32 Å². The standard InChI is InChI=1S/C19H23N3O3S/c1-13-10-14(2)18(15(3)11-13)26(24,25)22-9-5-7-17(22)19(23)21-16-6-4-8-20-12-16/h4,6,8,10-12,17H,5,7,9H2,1-3H3,(H,21,23)/t17-/m1/s1. The van der Waals surface area contributed by atoms with E-state index in [1.54, 1.807) is 38.4 Å². The maximum atomic E-state index is 13.3. The molecule has 2 heterocycles. The Hall–Kier alpha value is -2.25. The van der Waals surface area contributed by atoms with E-state index in [2.05, 4.69) is 10.3 Å². The Kier molecular flexibility index (Phi) is 5.11. The highest BCUT2D eigenvalue weighted by atomic mass is 32.2. The molecule has 1 N–H and O–H groups in total. The lowest BCUT2D eigenvalue weighted by Gasteiger charge is -2.25. The monoisotopic (exact) mass is 373 g/mol. The molecular formula is C19H23N3O3S. The number of aryl methyl sites for hydroxylation is 3. The first-order valence-corrected chi connectivity index (χ1v) is 10.1. The van der Waals surface area contributed by atoms with E-state index in [-0.39, 0.29) is 5.91 Å². The van der Waals surface area contributed by atoms with Gasteiger partial charge in [-0.3, -0.25) is 9.78 Å². The van der Waals surface area contributed by atoms with Crippen LogP contribution in [0, 0.1) is 20.8 Å². The number of carbonyl (C=O) groups is 1. The lowest BCUT2D eigenvalue weighted by molar-refractivity contribution is -0.119. The van der Waals surface area contributed by atoms with Crippen molar-refractivity contribution in [1.82, 2.24) is 9.29 Å². The van der Waals surface area contributed by atoms with Crippen molar-refractivity contribution in [2.75, 3.05) is 11.9 Å². The van der Waals surface area contributed by atoms with E-state index in [1.165, 1.54) is 4.31 Å². The second kappa shape index (κ2) is 7.17. The summed E-state index contributed by atoms with van der Waals surface area (Å²) in [6.07, 6.45) is 4.33. The minimum Gasteiger partial charge on any atom is -0.323 e. The molecule has 0 aliphatic carbocycles. The van der Waals surface area contributed by atoms with Crippen LogP contribution in [0.4, 0.5) is 5.69 Å². The summed E-state index contributed by atoms with van der Waals surface area (Å²) in [5.74, 6) is -0.318. The van der Waals surface area contributed by atoms with Gasteiger partial charge in [0.05, 0.1) is 16.8 Å². The number of hydrogen-bond donors (Lipinski definition) is 1. The average Bonchev–Trinajstić information content (AvgIpc) is 3.05. The molecule has 0 bridgehead atoms. The number of rotatable bonds is 4. The van der Waals surface area contributed by atoms with Crippen molar-refractivity contribution >= 4 is 21.6 Å². The number of nitrogens with zero attached hydrogens (tertiary/aromatic N) is 2. The van der Waals surface area contributed by atoms with E-state index >= 15 is 0 Å². The van der Waals surface area contributed by atoms with Gasteiger partial charge < -0.3 is 5.32 Å². The van der Waals surface area contributed by atoms with Crippen LogP contribution in [0.3, 0.4) is 0 Å². The number of aromatic nitrogens is 1. The number of pyridine rings is 1. The van der Waals surface area contributed by atoms with E-state index < -0.39 is 16.1 Å². The Balaban J connectivity index is 1.91. The van der Waals surface area contributed by atoms with Crippen LogP contribution in [0.2, 0.25) is 0 Å². The van der Waals surface area contributed by atoms with Gasteiger partial charge in [-0.1, -0.05) is 17.7 Å². The highest BCUT2D eigenvalue weighted by Crippen LogP contribution is 2.31. The van der Waals surface area contributed by atoms with Gasteiger partial charge in [-0.15, -0.1) is 0 Å². The van der Waals surface area contributed by atoms with Gasteiger partial charge in [0.25, 0.3) is 0 Å². The summed E-state index contributed by atoms with van der Waals surface area (Å²) >= 11 is 0. The minimum absolute atomic E-state index is 0.309. The molecule has 3 rings (SSSR count). The quantitative estimate of drug-likeness (QED) is 0.894. The minimum atomic E-state index is -3.75. The van der Waals surface area contributed by atoms with Gasteiger partial charge in [0.15, 0.2) is 0 Å². The second-order valence-electron chi connectivity index (χ2n) is 6.73. The van der Waals surface area contributed by atoms with Crippen LogP contribution in [0.15, 0.2) is 41.6 Å². The fourth-order valence-electron chi connectivity index (χ4n) is 3.64. The maximum Gasteiger partial charge on any atom is 0.244 e. The molecule has 0 radical (unpaired) electrons. The van der Waals surface area contributed by atoms with Crippen LogP contribution >= 0.6 is 0 Å². The van der Waals surface area contributed by atoms with Crippen LogP contribution in [-0.4, -0.2) is 36.2 Å². The topological polar surface area (TPSA) is 79.4 Å². The smallest absolute Gasteiger partial charge is 0.244 e. The van der Waals surface area contributed by atoms with Crippen molar-refractivity contribution < 1.29 is 13.2 Å². The largest absolute Gasteiger partial charge is 0.323 e. The molecule has 26 heavy (non-hydrogen) atoms. The highest BCUT2D eigenvalue weighted by molar-refractivity contribution is 7.89. The predicted molar refractivity (Wildman–Crippen MR) is 100 cm³/mol. The third-order valence-electron chi connectivity index (χ3n) is 4.61. The Bertz CT molecular complexity index is 903. The van der Waals surface area contributed by atoms with Gasteiger partial charge in [0.1, 0.15) is 6.04 Å². The summed E-state index contributed by atoms with van der Waals surface area (Å²) in [5.41, 5.74) is 3.00. The maximum absolute atomic E-state index is 13.3. The molecular weight excluding hydrogens is 350 g/mol. The number of amides is 1. The third-order valence-corrected chi connectivity index (χ3v) is 6.82. The molecule has 7 heteroatoms. The zero-order valence-electron chi connectivity index (χ0n) is 15.2. The molecule has 6 nitrogen and oxygen atoms in total. The van der Waals surface area contributed by atoms with Crippen LogP contribution in [0.5, 0.6) is 0 Å². The SMILES string of the molecule is Cc1cc(C)c(S(=O)(=O)N2CCC[C@@H]2C(=O)Nc2cccnc2)c(C)c1. The van der Waals surface area contributed by atoms with Crippen LogP contribution in [-0.2, 0) is 14.8 Å². The molecule has 2 aromatic rings. The molecule has 1 saturated heterocycles. The zero-order chi connectivity index (χ0) is 18.9. The van der Waals surface area contributed by atoms with Crippen molar-refractivity contribution in [3.05, 3.63) is 53.3 Å². The first-order valence-electron chi connectivity index (χ1n) is 8.61. The number of benzene rings is 1. The van der Waals surface area contributed by atoms with Gasteiger partial charge >= 0.3 is 0 Å². The highest BCUT2D eigenvalue weighted by Gasteiger charge is 2.40. The van der Waals surface area contributed by atoms with Crippen LogP contribution in [0.1, 0.15) is 29.5 Å². The molecule has 1 amide bonds. The van der Waals surface area contributed by atoms with Gasteiger partial charge in [-0.25, -0.2) is 8.42 Å². The fraction of sp³-hybridized carbons (Fsp3) is 0.368. The molecule has 0 unspecified atom stereocenters. The van der Waals surface area contributed by atoms with E-state index in [0.717, 1.165) is 5.56 Å². The lowest BCUT2D eigenvalue weighted by Crippen LogP contribution is -2.43. The summed E-state index contributed by atoms with van der Waals surface area (Å²) in [4.78, 5) is 17.0. The van der Waals surface area contributed by atoms with Crippen molar-refractivity contribution in [2.24, 2.45) is 0 Å². The number of nitrogens with one attached hydrogen (secondary N) is 1. The zero-order valence-corrected chi connectivity index (χ0v) is 16.0. The van der Waals surface area contributed by atoms with E-state index in [0.29, 0.717) is 41.1 Å². The Labute approximate surface area is 154 Å². The van der Waals surface area contributed by atoms with Gasteiger partial charge in [0.2, 0.25) is 15.9 Å². The van der Waals surface area contributed by atoms with E-state index in [1.807, 2.05) is 19.1 Å². The predicted octanol–water partition coefficient (Wildman–Crippen LogP) is 2.80. The average molecular weight is 373 g/mol. The lowest BCUT2D eigenvalue weighted by atomic mass is 10.1. The van der Waals surface area contributed by atoms with Crippen molar-refractivity contribution in [1.29, 1.82) is 0 Å². The van der Waals surface area contributed by atoms with Gasteiger partial charge in [0, 0.05) is 12.7 Å². The molecule has 138 valence electrons. The third kappa shape index (κ3) is 3.50. The van der Waals surface area contributed by atoms with Gasteiger partial charge in [-0.05, 0) is 56.9 Å². The molecule has 0 saturated carbocycles. The Morgan fingerprint density at radius 2 is 1.92 bits per heavy atom. The summed E-state index contributed by atoms with van der Waals surface area (Å²) in [5, 5.41) is 2.77. The molecule has 1 aliphatic heterocycles. The Morgan fingerprint density at radius 1 is 1.23 bits per heavy atom. The van der Waals surface area contributed by atoms with Gasteiger partial charge in [-0.2, -0.15) is 4.31 Å². The van der Waals surface area contributed by atoms with E-state index in [9.17, 15) is 13.2 Å². The second-order valence-corrected chi connectivity index (χ2v) is 8.56. The molecule has 0 spiro atoms. The summed E-state index contributed by atoms with van der Waals surface area (Å²) in [7, 11) is -3.75. The first-order chi connectivity index (χ1) is 12.3. The van der Waals surface area contributed by atoms with Crippen molar-refractivity contribution in [2.45, 2.75) is 44.6 Å². The fourth-order valence-corrected chi connectivity index (χ4v) is 5.71. The van der Waals surface area contributed by atoms with Crippen molar-refractivity contribution in [3.63, 3.8) is 0 Å². The van der Waals surface area contributed by atoms with E-state index in [4.69, 9.17) is 0 Å². The summed E-state index contributed by atoms with van der Waals surface area (Å²) in [6.45, 7) is 5.89. The van der Waals surface area contributed by atoms with Crippen LogP contribution in [0.25, 0.3) is 0 Å². The summed E-state index contributed by atoms with van der Waals surface area (Å²) in [6, 6.07) is 6.46. The van der Waals surface area contributed by atoms with Crippen molar-refractivity contribution in [3.8, 4) is 0 Å².